The maximum atomic E-state index is 11.4. The Balaban J connectivity index is 2.16. The van der Waals surface area contributed by atoms with Gasteiger partial charge in [-0.05, 0) is 27.7 Å². The van der Waals surface area contributed by atoms with E-state index in [9.17, 15) is 4.79 Å². The Bertz CT molecular complexity index is 372. The fourth-order valence-electron chi connectivity index (χ4n) is 0.962. The van der Waals surface area contributed by atoms with Crippen LogP contribution < -0.4 is 5.48 Å². The molecule has 0 atom stereocenters. The third-order valence-corrected chi connectivity index (χ3v) is 3.41. The highest BCUT2D eigenvalue weighted by Gasteiger charge is 2.12. The maximum absolute atomic E-state index is 11.4. The first-order valence-electron chi connectivity index (χ1n) is 5.32. The number of thiazole rings is 1. The summed E-state index contributed by atoms with van der Waals surface area (Å²) in [5.41, 5.74) is 3.11. The van der Waals surface area contributed by atoms with E-state index in [4.69, 9.17) is 4.84 Å². The number of nitrogens with zero attached hydrogens (tertiary/aromatic N) is 1. The van der Waals surface area contributed by atoms with Crippen molar-refractivity contribution in [3.63, 3.8) is 0 Å². The summed E-state index contributed by atoms with van der Waals surface area (Å²) in [7, 11) is 0. The molecule has 0 fully saturated rings. The van der Waals surface area contributed by atoms with Crippen LogP contribution in [0.3, 0.4) is 0 Å². The molecule has 6 heteroatoms. The highest BCUT2D eigenvalue weighted by atomic mass is 32.2. The van der Waals surface area contributed by atoms with Crippen molar-refractivity contribution in [1.29, 1.82) is 0 Å². The number of aryl methyl sites for hydroxylation is 1. The molecule has 1 amide bonds. The molecule has 0 aromatic carbocycles. The first-order chi connectivity index (χ1) is 7.87. The number of hydrogen-bond donors (Lipinski definition) is 1. The molecule has 1 aromatic rings. The second-order valence-corrected chi connectivity index (χ2v) is 6.64. The summed E-state index contributed by atoms with van der Waals surface area (Å²) in [5, 5.41) is 3.08. The molecule has 1 aromatic heterocycles. The van der Waals surface area contributed by atoms with E-state index in [1.165, 1.54) is 11.8 Å². The largest absolute Gasteiger partial charge is 0.272 e. The molecule has 0 radical (unpaired) electrons. The minimum absolute atomic E-state index is 0.114. The second-order valence-electron chi connectivity index (χ2n) is 4.59. The van der Waals surface area contributed by atoms with Crippen molar-refractivity contribution in [3.05, 3.63) is 16.1 Å². The van der Waals surface area contributed by atoms with Crippen LogP contribution in [0.1, 0.15) is 31.5 Å². The maximum Gasteiger partial charge on any atom is 0.253 e. The standard InChI is InChI=1S/C11H18N2O2S2/c1-8-12-9(6-17-8)5-16-7-10(14)13-15-11(2,3)4/h6H,5,7H2,1-4H3,(H,13,14). The first-order valence-corrected chi connectivity index (χ1v) is 7.36. The van der Waals surface area contributed by atoms with Crippen LogP contribution in [0.5, 0.6) is 0 Å². The quantitative estimate of drug-likeness (QED) is 0.838. The van der Waals surface area contributed by atoms with Gasteiger partial charge in [0, 0.05) is 11.1 Å². The van der Waals surface area contributed by atoms with Crippen molar-refractivity contribution in [3.8, 4) is 0 Å². The molecule has 0 unspecified atom stereocenters. The Hall–Kier alpha value is -0.590. The van der Waals surface area contributed by atoms with Crippen LogP contribution in [-0.4, -0.2) is 22.2 Å². The zero-order chi connectivity index (χ0) is 12.9. The van der Waals surface area contributed by atoms with Gasteiger partial charge in [-0.1, -0.05) is 0 Å². The van der Waals surface area contributed by atoms with Crippen LogP contribution in [0, 0.1) is 6.92 Å². The Morgan fingerprint density at radius 3 is 2.82 bits per heavy atom. The van der Waals surface area contributed by atoms with Crippen LogP contribution >= 0.6 is 23.1 Å². The van der Waals surface area contributed by atoms with Gasteiger partial charge in [0.05, 0.1) is 22.1 Å². The summed E-state index contributed by atoms with van der Waals surface area (Å²) in [6.45, 7) is 7.64. The van der Waals surface area contributed by atoms with Crippen LogP contribution in [0.25, 0.3) is 0 Å². The van der Waals surface area contributed by atoms with E-state index in [-0.39, 0.29) is 11.5 Å². The molecule has 0 aliphatic rings. The van der Waals surface area contributed by atoms with E-state index in [1.807, 2.05) is 33.1 Å². The molecule has 0 saturated heterocycles. The van der Waals surface area contributed by atoms with Crippen molar-refractivity contribution in [2.24, 2.45) is 0 Å². The predicted octanol–water partition coefficient (Wildman–Crippen LogP) is 2.53. The molecule has 4 nitrogen and oxygen atoms in total. The summed E-state index contributed by atoms with van der Waals surface area (Å²) in [6, 6.07) is 0. The molecule has 17 heavy (non-hydrogen) atoms. The van der Waals surface area contributed by atoms with Crippen LogP contribution in [0.2, 0.25) is 0 Å². The normalized spacial score (nSPS) is 11.5. The minimum Gasteiger partial charge on any atom is -0.272 e. The zero-order valence-corrected chi connectivity index (χ0v) is 12.2. The summed E-state index contributed by atoms with van der Waals surface area (Å²) in [4.78, 5) is 20.9. The van der Waals surface area contributed by atoms with Gasteiger partial charge in [-0.15, -0.1) is 23.1 Å². The summed E-state index contributed by atoms with van der Waals surface area (Å²) in [6.07, 6.45) is 0. The van der Waals surface area contributed by atoms with Crippen LogP contribution in [-0.2, 0) is 15.4 Å². The van der Waals surface area contributed by atoms with Gasteiger partial charge < -0.3 is 0 Å². The van der Waals surface area contributed by atoms with Gasteiger partial charge in [0.2, 0.25) is 0 Å². The van der Waals surface area contributed by atoms with E-state index in [0.717, 1.165) is 16.5 Å². The molecule has 0 saturated carbocycles. The third kappa shape index (κ3) is 6.65. The first kappa shape index (κ1) is 14.5. The monoisotopic (exact) mass is 274 g/mol. The number of amides is 1. The molecule has 0 bridgehead atoms. The molecule has 1 heterocycles. The molecule has 0 aliphatic heterocycles. The molecular weight excluding hydrogens is 256 g/mol. The van der Waals surface area contributed by atoms with Crippen LogP contribution in [0.15, 0.2) is 5.38 Å². The Labute approximate surface area is 110 Å². The number of carbonyl (C=O) groups is 1. The van der Waals surface area contributed by atoms with E-state index < -0.39 is 0 Å². The topological polar surface area (TPSA) is 51.2 Å². The molecular formula is C11H18N2O2S2. The Morgan fingerprint density at radius 2 is 2.29 bits per heavy atom. The number of aromatic nitrogens is 1. The lowest BCUT2D eigenvalue weighted by atomic mass is 10.2. The number of hydroxylamine groups is 1. The van der Waals surface area contributed by atoms with Crippen molar-refractivity contribution >= 4 is 29.0 Å². The molecule has 0 aliphatic carbocycles. The molecule has 96 valence electrons. The average Bonchev–Trinajstić information content (AvgIpc) is 2.60. The fraction of sp³-hybridized carbons (Fsp3) is 0.636. The van der Waals surface area contributed by atoms with Gasteiger partial charge in [0.1, 0.15) is 0 Å². The van der Waals surface area contributed by atoms with Gasteiger partial charge in [-0.2, -0.15) is 0 Å². The molecule has 1 N–H and O–H groups in total. The summed E-state index contributed by atoms with van der Waals surface area (Å²) < 4.78 is 0. The predicted molar refractivity (Wildman–Crippen MR) is 72.0 cm³/mol. The zero-order valence-electron chi connectivity index (χ0n) is 10.6. The number of rotatable bonds is 5. The second kappa shape index (κ2) is 6.37. The SMILES string of the molecule is Cc1nc(CSCC(=O)NOC(C)(C)C)cs1. The van der Waals surface area contributed by atoms with Gasteiger partial charge in [0.15, 0.2) is 0 Å². The van der Waals surface area contributed by atoms with Gasteiger partial charge in [0.25, 0.3) is 5.91 Å². The van der Waals surface area contributed by atoms with Crippen molar-refractivity contribution < 1.29 is 9.63 Å². The number of nitrogens with one attached hydrogen (secondary N) is 1. The van der Waals surface area contributed by atoms with E-state index in [2.05, 4.69) is 10.5 Å². The number of hydrogen-bond acceptors (Lipinski definition) is 5. The smallest absolute Gasteiger partial charge is 0.253 e. The molecule has 0 spiro atoms. The summed E-state index contributed by atoms with van der Waals surface area (Å²) in [5.74, 6) is 1.02. The third-order valence-electron chi connectivity index (χ3n) is 1.62. The van der Waals surface area contributed by atoms with Crippen molar-refractivity contribution in [1.82, 2.24) is 10.5 Å². The van der Waals surface area contributed by atoms with Crippen LogP contribution in [0.4, 0.5) is 0 Å². The van der Waals surface area contributed by atoms with E-state index in [1.54, 1.807) is 11.3 Å². The lowest BCUT2D eigenvalue weighted by Gasteiger charge is -2.18. The van der Waals surface area contributed by atoms with Gasteiger partial charge >= 0.3 is 0 Å². The lowest BCUT2D eigenvalue weighted by molar-refractivity contribution is -0.142. The highest BCUT2D eigenvalue weighted by molar-refractivity contribution is 7.99. The Kier molecular flexibility index (Phi) is 5.42. The fourth-order valence-corrected chi connectivity index (χ4v) is 2.38. The van der Waals surface area contributed by atoms with Crippen molar-refractivity contribution in [2.75, 3.05) is 5.75 Å². The lowest BCUT2D eigenvalue weighted by Crippen LogP contribution is -2.34. The number of carbonyl (C=O) groups excluding carboxylic acids is 1. The Morgan fingerprint density at radius 1 is 1.59 bits per heavy atom. The summed E-state index contributed by atoms with van der Waals surface area (Å²) >= 11 is 3.16. The average molecular weight is 274 g/mol. The molecule has 1 rings (SSSR count). The van der Waals surface area contributed by atoms with Gasteiger partial charge in [-0.3, -0.25) is 9.63 Å². The van der Waals surface area contributed by atoms with Crippen molar-refractivity contribution in [2.45, 2.75) is 39.0 Å². The minimum atomic E-state index is -0.355. The highest BCUT2D eigenvalue weighted by Crippen LogP contribution is 2.14. The number of thioether (sulfide) groups is 1. The van der Waals surface area contributed by atoms with E-state index >= 15 is 0 Å². The van der Waals surface area contributed by atoms with Gasteiger partial charge in [-0.25, -0.2) is 10.5 Å². The van der Waals surface area contributed by atoms with E-state index in [0.29, 0.717) is 5.75 Å².